The summed E-state index contributed by atoms with van der Waals surface area (Å²) < 4.78 is 23.8. The van der Waals surface area contributed by atoms with Crippen molar-refractivity contribution in [1.29, 1.82) is 0 Å². The Hall–Kier alpha value is -4.20. The van der Waals surface area contributed by atoms with E-state index in [9.17, 15) is 15.0 Å². The van der Waals surface area contributed by atoms with Gasteiger partial charge >= 0.3 is 5.97 Å². The van der Waals surface area contributed by atoms with Gasteiger partial charge < -0.3 is 24.4 Å². The smallest absolute Gasteiger partial charge is 0.357 e. The second kappa shape index (κ2) is 13.0. The maximum atomic E-state index is 12.4. The van der Waals surface area contributed by atoms with Gasteiger partial charge in [0.15, 0.2) is 11.9 Å². The molecule has 2 aliphatic rings. The Kier molecular flexibility index (Phi) is 8.92. The Balaban J connectivity index is 1.60. The van der Waals surface area contributed by atoms with Gasteiger partial charge in [-0.15, -0.1) is 5.10 Å². The van der Waals surface area contributed by atoms with Gasteiger partial charge in [-0.2, -0.15) is 10.2 Å². The van der Waals surface area contributed by atoms with E-state index < -0.39 is 5.97 Å². The van der Waals surface area contributed by atoms with Gasteiger partial charge in [-0.1, -0.05) is 13.0 Å². The molecule has 2 atom stereocenters. The summed E-state index contributed by atoms with van der Waals surface area (Å²) in [6.07, 6.45) is 6.33. The van der Waals surface area contributed by atoms with Gasteiger partial charge in [0.05, 0.1) is 47.8 Å². The zero-order valence-corrected chi connectivity index (χ0v) is 26.3. The summed E-state index contributed by atoms with van der Waals surface area (Å²) in [5.41, 5.74) is 4.32. The highest BCUT2D eigenvalue weighted by atomic mass is 16.5. The lowest BCUT2D eigenvalue weighted by Crippen LogP contribution is -2.34. The second-order valence-electron chi connectivity index (χ2n) is 11.5. The van der Waals surface area contributed by atoms with Crippen molar-refractivity contribution < 1.29 is 29.2 Å². The van der Waals surface area contributed by atoms with Crippen molar-refractivity contribution >= 4 is 29.0 Å². The van der Waals surface area contributed by atoms with Crippen LogP contribution in [0.15, 0.2) is 18.2 Å². The topological polar surface area (TPSA) is 142 Å². The van der Waals surface area contributed by atoms with Gasteiger partial charge in [-0.25, -0.2) is 14.2 Å². The van der Waals surface area contributed by atoms with E-state index >= 15 is 0 Å². The minimum atomic E-state index is -1.13. The number of likely N-dealkylation sites (N-methyl/N-ethyl adjacent to an activating group) is 1. The Morgan fingerprint density at radius 1 is 1.16 bits per heavy atom. The molecule has 0 radical (unpaired) electrons. The third-order valence-electron chi connectivity index (χ3n) is 8.36. The fraction of sp³-hybridized carbons (Fsp3) is 0.500. The van der Waals surface area contributed by atoms with E-state index in [0.717, 1.165) is 48.0 Å². The quantitative estimate of drug-likeness (QED) is 0.309. The molecule has 0 aliphatic carbocycles. The summed E-state index contributed by atoms with van der Waals surface area (Å²) in [6.45, 7) is 9.12. The first-order valence-electron chi connectivity index (χ1n) is 15.7. The molecule has 0 spiro atoms. The minimum Gasteiger partial charge on any atom is -0.476 e. The van der Waals surface area contributed by atoms with E-state index in [1.807, 2.05) is 48.9 Å². The molecular formula is C32H41N7O6. The number of aromatic carboxylic acids is 1. The summed E-state index contributed by atoms with van der Waals surface area (Å²) in [5.74, 6) is -0.253. The van der Waals surface area contributed by atoms with Crippen LogP contribution >= 0.6 is 0 Å². The number of ether oxygens (including phenoxy) is 3. The first kappa shape index (κ1) is 30.8. The third-order valence-corrected chi connectivity index (χ3v) is 8.36. The molecule has 1 aromatic carbocycles. The summed E-state index contributed by atoms with van der Waals surface area (Å²) in [4.78, 5) is 14.6. The Bertz CT molecular complexity index is 1710. The number of carboxylic acid groups (broad SMARTS) is 1. The molecule has 2 N–H and O–H groups in total. The molecule has 3 aromatic heterocycles. The molecule has 6 rings (SSSR count). The van der Waals surface area contributed by atoms with Crippen LogP contribution in [0.1, 0.15) is 73.7 Å². The van der Waals surface area contributed by atoms with E-state index in [4.69, 9.17) is 24.4 Å². The van der Waals surface area contributed by atoms with E-state index in [2.05, 4.69) is 16.9 Å². The molecule has 5 heterocycles. The Morgan fingerprint density at radius 3 is 2.71 bits per heavy atom. The number of fused-ring (bicyclic) bond motifs is 4. The number of hydrogen-bond donors (Lipinski definition) is 2. The minimum absolute atomic E-state index is 0.0660. The maximum Gasteiger partial charge on any atom is 0.357 e. The molecule has 240 valence electrons. The van der Waals surface area contributed by atoms with Crippen LogP contribution < -0.4 is 9.47 Å². The van der Waals surface area contributed by atoms with Gasteiger partial charge in [0.25, 0.3) is 0 Å². The Labute approximate surface area is 261 Å². The van der Waals surface area contributed by atoms with Crippen LogP contribution in [0.2, 0.25) is 0 Å². The van der Waals surface area contributed by atoms with E-state index in [-0.39, 0.29) is 24.6 Å². The van der Waals surface area contributed by atoms with Gasteiger partial charge in [0.2, 0.25) is 11.8 Å². The van der Waals surface area contributed by atoms with Crippen molar-refractivity contribution in [2.24, 2.45) is 7.05 Å². The number of carboxylic acids is 1. The van der Waals surface area contributed by atoms with Gasteiger partial charge in [0, 0.05) is 32.1 Å². The number of aliphatic hydroxyl groups is 1. The zero-order chi connectivity index (χ0) is 31.7. The SMILES string of the molecule is CCOc1nn(CCO)c2c1/C=C\c1nn(C3CCCCO3)c3ccc(cc13)-c1c(C(=O)O)nn(C)c1O[C@@H](C)CN(CC)C2. The number of aliphatic hydroxyl groups excluding tert-OH is 1. The summed E-state index contributed by atoms with van der Waals surface area (Å²) in [7, 11) is 1.70. The Morgan fingerprint density at radius 2 is 2.00 bits per heavy atom. The fourth-order valence-electron chi connectivity index (χ4n) is 6.25. The number of carbonyl (C=O) groups is 1. The number of nitrogens with zero attached hydrogens (tertiary/aromatic N) is 7. The van der Waals surface area contributed by atoms with Gasteiger partial charge in [-0.3, -0.25) is 9.58 Å². The molecule has 13 nitrogen and oxygen atoms in total. The molecule has 1 saturated heterocycles. The summed E-state index contributed by atoms with van der Waals surface area (Å²) in [5, 5.41) is 35.0. The van der Waals surface area contributed by atoms with Crippen molar-refractivity contribution in [3.05, 3.63) is 40.8 Å². The average Bonchev–Trinajstić information content (AvgIpc) is 3.67. The normalized spacial score (nSPS) is 19.8. The predicted molar refractivity (Wildman–Crippen MR) is 168 cm³/mol. The molecule has 1 fully saturated rings. The van der Waals surface area contributed by atoms with Crippen LogP contribution in [0.3, 0.4) is 0 Å². The molecule has 13 heteroatoms. The molecule has 4 aromatic rings. The van der Waals surface area contributed by atoms with Crippen molar-refractivity contribution in [3.8, 4) is 22.9 Å². The van der Waals surface area contributed by atoms with Crippen LogP contribution in [-0.2, 0) is 24.9 Å². The standard InChI is InChI=1S/C32H41N7O6/c1-5-37-18-20(3)45-31-28(29(32(41)42)34-36(31)4)21-10-13-25-23(17-21)24(33-39(25)27-9-7-8-16-44-27)12-11-22-26(19-37)38(14-15-40)35-30(22)43-6-2/h10-13,17,20,27,40H,5-9,14-16,18-19H2,1-4H3,(H,41,42)/b12-11-/t20-,27?/m0/s1. The van der Waals surface area contributed by atoms with Crippen LogP contribution in [0, 0.1) is 0 Å². The van der Waals surface area contributed by atoms with Crippen molar-refractivity contribution in [1.82, 2.24) is 34.2 Å². The van der Waals surface area contributed by atoms with Crippen molar-refractivity contribution in [2.75, 3.05) is 32.9 Å². The average molecular weight is 620 g/mol. The first-order chi connectivity index (χ1) is 21.8. The predicted octanol–water partition coefficient (Wildman–Crippen LogP) is 4.19. The number of rotatable bonds is 7. The fourth-order valence-corrected chi connectivity index (χ4v) is 6.25. The molecule has 45 heavy (non-hydrogen) atoms. The first-order valence-corrected chi connectivity index (χ1v) is 15.7. The van der Waals surface area contributed by atoms with Crippen LogP contribution in [-0.4, -0.2) is 89.4 Å². The van der Waals surface area contributed by atoms with Crippen LogP contribution in [0.5, 0.6) is 11.8 Å². The molecule has 0 saturated carbocycles. The number of aryl methyl sites for hydroxylation is 1. The molecular weight excluding hydrogens is 578 g/mol. The lowest BCUT2D eigenvalue weighted by atomic mass is 10.0. The lowest BCUT2D eigenvalue weighted by molar-refractivity contribution is -0.0367. The van der Waals surface area contributed by atoms with Crippen molar-refractivity contribution in [2.45, 2.75) is 65.5 Å². The molecule has 0 amide bonds. The van der Waals surface area contributed by atoms with Crippen LogP contribution in [0.25, 0.3) is 34.2 Å². The maximum absolute atomic E-state index is 12.4. The number of aromatic nitrogens is 6. The third kappa shape index (κ3) is 5.95. The van der Waals surface area contributed by atoms with E-state index in [1.54, 1.807) is 11.7 Å². The highest BCUT2D eigenvalue weighted by Gasteiger charge is 2.29. The number of hydrogen-bond acceptors (Lipinski definition) is 9. The molecule has 1 unspecified atom stereocenters. The number of benzene rings is 1. The van der Waals surface area contributed by atoms with E-state index in [1.165, 1.54) is 4.68 Å². The van der Waals surface area contributed by atoms with Gasteiger partial charge in [0.1, 0.15) is 6.10 Å². The van der Waals surface area contributed by atoms with E-state index in [0.29, 0.717) is 61.4 Å². The second-order valence-corrected chi connectivity index (χ2v) is 11.5. The summed E-state index contributed by atoms with van der Waals surface area (Å²) >= 11 is 0. The van der Waals surface area contributed by atoms with Crippen molar-refractivity contribution in [3.63, 3.8) is 0 Å². The highest BCUT2D eigenvalue weighted by Crippen LogP contribution is 2.38. The van der Waals surface area contributed by atoms with Crippen LogP contribution in [0.4, 0.5) is 0 Å². The molecule has 2 bridgehead atoms. The summed E-state index contributed by atoms with van der Waals surface area (Å²) in [6, 6.07) is 5.82. The zero-order valence-electron chi connectivity index (χ0n) is 26.3. The molecule has 2 aliphatic heterocycles. The monoisotopic (exact) mass is 619 g/mol. The van der Waals surface area contributed by atoms with Gasteiger partial charge in [-0.05, 0) is 69.5 Å². The highest BCUT2D eigenvalue weighted by molar-refractivity contribution is 5.99. The largest absolute Gasteiger partial charge is 0.476 e. The lowest BCUT2D eigenvalue weighted by Gasteiger charge is -2.26.